The SMILES string of the molecule is Cc1ccc(S(=O)(=O)[C@H](CC(=O)c2ccccc2)c2ccco2)cc1. The van der Waals surface area contributed by atoms with Gasteiger partial charge in [-0.1, -0.05) is 48.0 Å². The zero-order valence-electron chi connectivity index (χ0n) is 13.8. The predicted molar refractivity (Wildman–Crippen MR) is 95.2 cm³/mol. The Morgan fingerprint density at radius 3 is 2.24 bits per heavy atom. The average molecular weight is 354 g/mol. The van der Waals surface area contributed by atoms with Gasteiger partial charge in [-0.15, -0.1) is 0 Å². The molecule has 1 atom stereocenters. The van der Waals surface area contributed by atoms with Crippen molar-refractivity contribution >= 4 is 15.6 Å². The second-order valence-electron chi connectivity index (χ2n) is 5.86. The van der Waals surface area contributed by atoms with E-state index in [9.17, 15) is 13.2 Å². The van der Waals surface area contributed by atoms with Crippen LogP contribution >= 0.6 is 0 Å². The number of furan rings is 1. The number of benzene rings is 2. The molecular weight excluding hydrogens is 336 g/mol. The summed E-state index contributed by atoms with van der Waals surface area (Å²) < 4.78 is 31.5. The molecule has 3 aromatic rings. The van der Waals surface area contributed by atoms with Crippen molar-refractivity contribution in [3.8, 4) is 0 Å². The molecule has 3 rings (SSSR count). The lowest BCUT2D eigenvalue weighted by molar-refractivity contribution is 0.0978. The molecule has 0 fully saturated rings. The number of hydrogen-bond acceptors (Lipinski definition) is 4. The minimum absolute atomic E-state index is 0.173. The molecule has 128 valence electrons. The molecule has 4 nitrogen and oxygen atoms in total. The van der Waals surface area contributed by atoms with Gasteiger partial charge in [0.2, 0.25) is 0 Å². The summed E-state index contributed by atoms with van der Waals surface area (Å²) in [6, 6.07) is 18.5. The van der Waals surface area contributed by atoms with Gasteiger partial charge in [0, 0.05) is 12.0 Å². The lowest BCUT2D eigenvalue weighted by atomic mass is 10.1. The number of Topliss-reactive ketones (excluding diaryl/α,β-unsaturated/α-hetero) is 1. The van der Waals surface area contributed by atoms with Gasteiger partial charge in [0.05, 0.1) is 11.2 Å². The summed E-state index contributed by atoms with van der Waals surface area (Å²) in [4.78, 5) is 12.8. The average Bonchev–Trinajstić information content (AvgIpc) is 3.14. The molecule has 0 spiro atoms. The van der Waals surface area contributed by atoms with E-state index in [1.54, 1.807) is 60.7 Å². The molecule has 0 saturated heterocycles. The molecule has 25 heavy (non-hydrogen) atoms. The van der Waals surface area contributed by atoms with Gasteiger partial charge in [0.25, 0.3) is 0 Å². The largest absolute Gasteiger partial charge is 0.468 e. The van der Waals surface area contributed by atoms with Crippen LogP contribution in [0.15, 0.2) is 82.3 Å². The Kier molecular flexibility index (Phi) is 4.86. The van der Waals surface area contributed by atoms with Crippen LogP contribution in [0, 0.1) is 6.92 Å². The quantitative estimate of drug-likeness (QED) is 0.616. The molecular formula is C20H18O4S. The molecule has 0 N–H and O–H groups in total. The highest BCUT2D eigenvalue weighted by atomic mass is 32.2. The lowest BCUT2D eigenvalue weighted by Gasteiger charge is -2.15. The van der Waals surface area contributed by atoms with E-state index in [-0.39, 0.29) is 22.9 Å². The summed E-state index contributed by atoms with van der Waals surface area (Å²) in [6.07, 6.45) is 1.24. The Balaban J connectivity index is 1.98. The van der Waals surface area contributed by atoms with Crippen LogP contribution in [-0.4, -0.2) is 14.2 Å². The van der Waals surface area contributed by atoms with Gasteiger partial charge in [0.1, 0.15) is 11.0 Å². The van der Waals surface area contributed by atoms with Gasteiger partial charge in [-0.25, -0.2) is 8.42 Å². The van der Waals surface area contributed by atoms with E-state index in [0.29, 0.717) is 5.56 Å². The number of hydrogen-bond donors (Lipinski definition) is 0. The van der Waals surface area contributed by atoms with Gasteiger partial charge in [-0.05, 0) is 31.2 Å². The Bertz CT molecular complexity index is 941. The molecule has 0 bridgehead atoms. The minimum atomic E-state index is -3.76. The fourth-order valence-corrected chi connectivity index (χ4v) is 4.29. The van der Waals surface area contributed by atoms with E-state index < -0.39 is 15.1 Å². The van der Waals surface area contributed by atoms with Gasteiger partial charge in [-0.3, -0.25) is 4.79 Å². The van der Waals surface area contributed by atoms with E-state index in [4.69, 9.17) is 4.42 Å². The highest BCUT2D eigenvalue weighted by Crippen LogP contribution is 2.33. The van der Waals surface area contributed by atoms with E-state index in [1.807, 2.05) is 13.0 Å². The van der Waals surface area contributed by atoms with Gasteiger partial charge >= 0.3 is 0 Å². The number of ketones is 1. The molecule has 0 radical (unpaired) electrons. The summed E-state index contributed by atoms with van der Waals surface area (Å²) in [5.74, 6) is 0.0301. The molecule has 0 unspecified atom stereocenters. The first-order chi connectivity index (χ1) is 12.0. The van der Waals surface area contributed by atoms with Crippen LogP contribution in [0.3, 0.4) is 0 Å². The first-order valence-corrected chi connectivity index (χ1v) is 9.45. The molecule has 0 aliphatic heterocycles. The van der Waals surface area contributed by atoms with Crippen LogP contribution in [0.4, 0.5) is 0 Å². The number of aryl methyl sites for hydroxylation is 1. The van der Waals surface area contributed by atoms with Crippen LogP contribution < -0.4 is 0 Å². The van der Waals surface area contributed by atoms with Crippen LogP contribution in [0.25, 0.3) is 0 Å². The van der Waals surface area contributed by atoms with Crippen molar-refractivity contribution in [1.82, 2.24) is 0 Å². The molecule has 0 amide bonds. The van der Waals surface area contributed by atoms with E-state index in [0.717, 1.165) is 5.56 Å². The highest BCUT2D eigenvalue weighted by Gasteiger charge is 2.33. The first-order valence-electron chi connectivity index (χ1n) is 7.90. The maximum atomic E-state index is 13.1. The maximum Gasteiger partial charge on any atom is 0.188 e. The van der Waals surface area contributed by atoms with Gasteiger partial charge in [-0.2, -0.15) is 0 Å². The van der Waals surface area contributed by atoms with E-state index in [2.05, 4.69) is 0 Å². The van der Waals surface area contributed by atoms with Crippen molar-refractivity contribution in [2.45, 2.75) is 23.5 Å². The molecule has 5 heteroatoms. The number of carbonyl (C=O) groups is 1. The minimum Gasteiger partial charge on any atom is -0.468 e. The Hall–Kier alpha value is -2.66. The zero-order chi connectivity index (χ0) is 17.9. The molecule has 0 aliphatic carbocycles. The Morgan fingerprint density at radius 1 is 0.960 bits per heavy atom. The van der Waals surface area contributed by atoms with Crippen molar-refractivity contribution in [1.29, 1.82) is 0 Å². The van der Waals surface area contributed by atoms with Crippen LogP contribution in [0.2, 0.25) is 0 Å². The van der Waals surface area contributed by atoms with Crippen LogP contribution in [0.1, 0.15) is 33.4 Å². The van der Waals surface area contributed by atoms with Crippen molar-refractivity contribution in [3.63, 3.8) is 0 Å². The number of sulfone groups is 1. The first kappa shape index (κ1) is 17.2. The third-order valence-electron chi connectivity index (χ3n) is 4.05. The van der Waals surface area contributed by atoms with Crippen molar-refractivity contribution in [2.24, 2.45) is 0 Å². The van der Waals surface area contributed by atoms with Crippen molar-refractivity contribution < 1.29 is 17.6 Å². The molecule has 0 saturated carbocycles. The number of rotatable bonds is 6. The third kappa shape index (κ3) is 3.72. The second kappa shape index (κ2) is 7.07. The fraction of sp³-hybridized carbons (Fsp3) is 0.150. The third-order valence-corrected chi connectivity index (χ3v) is 6.13. The highest BCUT2D eigenvalue weighted by molar-refractivity contribution is 7.91. The summed E-state index contributed by atoms with van der Waals surface area (Å²) >= 11 is 0. The maximum absolute atomic E-state index is 13.1. The molecule has 1 heterocycles. The monoisotopic (exact) mass is 354 g/mol. The molecule has 1 aromatic heterocycles. The van der Waals surface area contributed by atoms with Crippen molar-refractivity contribution in [2.75, 3.05) is 0 Å². The van der Waals surface area contributed by atoms with E-state index >= 15 is 0 Å². The second-order valence-corrected chi connectivity index (χ2v) is 7.99. The summed E-state index contributed by atoms with van der Waals surface area (Å²) in [5.41, 5.74) is 1.45. The van der Waals surface area contributed by atoms with Gasteiger partial charge in [0.15, 0.2) is 15.6 Å². The zero-order valence-corrected chi connectivity index (χ0v) is 14.6. The summed E-state index contributed by atoms with van der Waals surface area (Å²) in [7, 11) is -3.76. The predicted octanol–water partition coefficient (Wildman–Crippen LogP) is 4.38. The topological polar surface area (TPSA) is 64.3 Å². The van der Waals surface area contributed by atoms with Crippen LogP contribution in [0.5, 0.6) is 0 Å². The fourth-order valence-electron chi connectivity index (χ4n) is 2.64. The van der Waals surface area contributed by atoms with Crippen molar-refractivity contribution in [3.05, 3.63) is 89.9 Å². The standard InChI is InChI=1S/C20H18O4S/c1-15-9-11-17(12-10-15)25(22,23)20(19-8-5-13-24-19)14-18(21)16-6-3-2-4-7-16/h2-13,20H,14H2,1H3/t20-/m1/s1. The lowest BCUT2D eigenvalue weighted by Crippen LogP contribution is -2.17. The Labute approximate surface area is 147 Å². The van der Waals surface area contributed by atoms with Gasteiger partial charge < -0.3 is 4.42 Å². The Morgan fingerprint density at radius 2 is 1.64 bits per heavy atom. The van der Waals surface area contributed by atoms with E-state index in [1.165, 1.54) is 6.26 Å². The summed E-state index contributed by atoms with van der Waals surface area (Å²) in [6.45, 7) is 1.89. The molecule has 0 aliphatic rings. The van der Waals surface area contributed by atoms with Crippen LogP contribution in [-0.2, 0) is 9.84 Å². The number of carbonyl (C=O) groups excluding carboxylic acids is 1. The molecule has 2 aromatic carbocycles. The summed E-state index contributed by atoms with van der Waals surface area (Å²) in [5, 5.41) is -1.06. The smallest absolute Gasteiger partial charge is 0.188 e. The normalized spacial score (nSPS) is 12.7.